The summed E-state index contributed by atoms with van der Waals surface area (Å²) in [4.78, 5) is 19.0. The number of hydrogen-bond acceptors (Lipinski definition) is 4. The molecule has 12 heteroatoms. The summed E-state index contributed by atoms with van der Waals surface area (Å²) in [6.45, 7) is 0. The number of non-ortho nitro benzene ring substituents is 1. The molecule has 0 aliphatic carbocycles. The molecule has 2 aromatic carbocycles. The van der Waals surface area contributed by atoms with Crippen LogP contribution in [0.4, 0.5) is 37.7 Å². The van der Waals surface area contributed by atoms with Crippen LogP contribution in [0.15, 0.2) is 36.4 Å². The molecule has 0 atom stereocenters. The summed E-state index contributed by atoms with van der Waals surface area (Å²) >= 11 is 0. The normalized spacial score (nSPS) is 12.1. The van der Waals surface area contributed by atoms with E-state index in [1.165, 1.54) is 0 Å². The lowest BCUT2D eigenvalue weighted by atomic mass is 9.93. The molecule has 26 heavy (non-hydrogen) atoms. The molecule has 0 aromatic heterocycles. The third kappa shape index (κ3) is 3.58. The number of benzene rings is 2. The Morgan fingerprint density at radius 3 is 1.58 bits per heavy atom. The van der Waals surface area contributed by atoms with E-state index in [4.69, 9.17) is 0 Å². The van der Waals surface area contributed by atoms with E-state index in [2.05, 4.69) is 0 Å². The van der Waals surface area contributed by atoms with E-state index >= 15 is 0 Å². The number of nitro groups is 2. The molecule has 138 valence electrons. The Balaban J connectivity index is 2.86. The fourth-order valence-electron chi connectivity index (χ4n) is 2.33. The van der Waals surface area contributed by atoms with Gasteiger partial charge >= 0.3 is 12.4 Å². The number of rotatable bonds is 3. The maximum atomic E-state index is 13.3. The molecule has 0 bridgehead atoms. The number of alkyl halides is 6. The molecule has 2 aromatic rings. The number of hydrogen-bond donors (Lipinski definition) is 0. The van der Waals surface area contributed by atoms with Crippen LogP contribution in [0.25, 0.3) is 11.1 Å². The second-order valence-corrected chi connectivity index (χ2v) is 4.94. The van der Waals surface area contributed by atoms with Crippen molar-refractivity contribution in [3.8, 4) is 11.1 Å². The second kappa shape index (κ2) is 6.28. The Kier molecular flexibility index (Phi) is 4.62. The second-order valence-electron chi connectivity index (χ2n) is 4.94. The van der Waals surface area contributed by atoms with Gasteiger partial charge in [-0.15, -0.1) is 0 Å². The zero-order valence-electron chi connectivity index (χ0n) is 12.3. The van der Waals surface area contributed by atoms with Crippen molar-refractivity contribution in [1.82, 2.24) is 0 Å². The number of nitrogens with zero attached hydrogens (tertiary/aromatic N) is 2. The quantitative estimate of drug-likeness (QED) is 0.416. The summed E-state index contributed by atoms with van der Waals surface area (Å²) in [6.07, 6.45) is -11.2. The zero-order valence-corrected chi connectivity index (χ0v) is 12.3. The third-order valence-corrected chi connectivity index (χ3v) is 3.34. The van der Waals surface area contributed by atoms with Crippen LogP contribution in [0.3, 0.4) is 0 Å². The minimum Gasteiger partial charge on any atom is -0.258 e. The van der Waals surface area contributed by atoms with Gasteiger partial charge in [0, 0.05) is 18.2 Å². The first-order valence-electron chi connectivity index (χ1n) is 6.54. The predicted molar refractivity (Wildman–Crippen MR) is 75.2 cm³/mol. The molecule has 0 amide bonds. The summed E-state index contributed by atoms with van der Waals surface area (Å²) < 4.78 is 79.5. The molecule has 0 N–H and O–H groups in total. The van der Waals surface area contributed by atoms with E-state index in [1.54, 1.807) is 0 Å². The highest BCUT2D eigenvalue weighted by atomic mass is 19.4. The van der Waals surface area contributed by atoms with Crippen molar-refractivity contribution < 1.29 is 36.2 Å². The van der Waals surface area contributed by atoms with Crippen molar-refractivity contribution in [3.63, 3.8) is 0 Å². The van der Waals surface area contributed by atoms with Gasteiger partial charge in [-0.2, -0.15) is 26.3 Å². The lowest BCUT2D eigenvalue weighted by molar-refractivity contribution is -0.388. The molecule has 0 fully saturated rings. The van der Waals surface area contributed by atoms with Gasteiger partial charge in [0.2, 0.25) is 0 Å². The molecule has 0 unspecified atom stereocenters. The summed E-state index contributed by atoms with van der Waals surface area (Å²) in [7, 11) is 0. The summed E-state index contributed by atoms with van der Waals surface area (Å²) in [5.74, 6) is 0. The van der Waals surface area contributed by atoms with Crippen LogP contribution >= 0.6 is 0 Å². The minimum atomic E-state index is -5.65. The predicted octanol–water partition coefficient (Wildman–Crippen LogP) is 5.21. The number of halogens is 6. The molecule has 2 rings (SSSR count). The van der Waals surface area contributed by atoms with Crippen molar-refractivity contribution >= 4 is 11.4 Å². The average Bonchev–Trinajstić information content (AvgIpc) is 2.51. The van der Waals surface area contributed by atoms with Crippen molar-refractivity contribution in [2.24, 2.45) is 0 Å². The molecular formula is C14H6F6N2O4. The lowest BCUT2D eigenvalue weighted by Crippen LogP contribution is -2.20. The van der Waals surface area contributed by atoms with Crippen LogP contribution in [-0.2, 0) is 12.4 Å². The Morgan fingerprint density at radius 2 is 1.19 bits per heavy atom. The molecule has 0 saturated heterocycles. The Bertz CT molecular complexity index is 875. The van der Waals surface area contributed by atoms with Gasteiger partial charge in [-0.3, -0.25) is 20.2 Å². The van der Waals surface area contributed by atoms with Gasteiger partial charge in [-0.25, -0.2) is 0 Å². The molecule has 6 nitrogen and oxygen atoms in total. The molecular weight excluding hydrogens is 374 g/mol. The van der Waals surface area contributed by atoms with E-state index in [-0.39, 0.29) is 0 Å². The zero-order chi connectivity index (χ0) is 19.9. The van der Waals surface area contributed by atoms with Crippen LogP contribution in [0.2, 0.25) is 0 Å². The van der Waals surface area contributed by atoms with Crippen LogP contribution in [0.1, 0.15) is 11.1 Å². The maximum absolute atomic E-state index is 13.3. The van der Waals surface area contributed by atoms with Crippen molar-refractivity contribution in [3.05, 3.63) is 67.8 Å². The van der Waals surface area contributed by atoms with Crippen molar-refractivity contribution in [1.29, 1.82) is 0 Å². The standard InChI is InChI=1S/C14H6F6N2O4/c15-13(16,17)11-9(7-1-3-8(4-2-7)21(23)24)5-6-10(22(25)26)12(11)14(18,19)20/h1-6H. The molecule has 0 radical (unpaired) electrons. The van der Waals surface area contributed by atoms with Crippen molar-refractivity contribution in [2.75, 3.05) is 0 Å². The minimum absolute atomic E-state index is 0.314. The smallest absolute Gasteiger partial charge is 0.258 e. The highest BCUT2D eigenvalue weighted by Gasteiger charge is 2.49. The summed E-state index contributed by atoms with van der Waals surface area (Å²) in [6, 6.07) is 4.11. The summed E-state index contributed by atoms with van der Waals surface area (Å²) in [5, 5.41) is 21.4. The van der Waals surface area contributed by atoms with Gasteiger partial charge in [0.15, 0.2) is 0 Å². The first kappa shape index (κ1) is 19.1. The van der Waals surface area contributed by atoms with Gasteiger partial charge in [0.1, 0.15) is 5.56 Å². The molecule has 0 aliphatic heterocycles. The Morgan fingerprint density at radius 1 is 0.692 bits per heavy atom. The van der Waals surface area contributed by atoms with Gasteiger partial charge in [0.05, 0.1) is 15.4 Å². The van der Waals surface area contributed by atoms with E-state index in [0.29, 0.717) is 12.1 Å². The topological polar surface area (TPSA) is 86.3 Å². The Hall–Kier alpha value is -3.18. The van der Waals surface area contributed by atoms with Crippen LogP contribution in [0, 0.1) is 20.2 Å². The van der Waals surface area contributed by atoms with E-state index < -0.39 is 55.8 Å². The highest BCUT2D eigenvalue weighted by Crippen LogP contribution is 2.48. The lowest BCUT2D eigenvalue weighted by Gasteiger charge is -2.19. The van der Waals surface area contributed by atoms with Gasteiger partial charge in [-0.05, 0) is 29.3 Å². The van der Waals surface area contributed by atoms with Gasteiger partial charge < -0.3 is 0 Å². The largest absolute Gasteiger partial charge is 0.423 e. The monoisotopic (exact) mass is 380 g/mol. The Labute approximate surface area is 140 Å². The van der Waals surface area contributed by atoms with Gasteiger partial charge in [-0.1, -0.05) is 0 Å². The van der Waals surface area contributed by atoms with Gasteiger partial charge in [0.25, 0.3) is 11.4 Å². The van der Waals surface area contributed by atoms with Crippen LogP contribution in [-0.4, -0.2) is 9.85 Å². The fourth-order valence-corrected chi connectivity index (χ4v) is 2.33. The van der Waals surface area contributed by atoms with Crippen molar-refractivity contribution in [2.45, 2.75) is 12.4 Å². The molecule has 0 heterocycles. The SMILES string of the molecule is O=[N+]([O-])c1ccc(-c2ccc([N+](=O)[O-])c(C(F)(F)F)c2C(F)(F)F)cc1. The molecule has 0 aliphatic rings. The average molecular weight is 380 g/mol. The first-order valence-corrected chi connectivity index (χ1v) is 6.54. The fraction of sp³-hybridized carbons (Fsp3) is 0.143. The summed E-state index contributed by atoms with van der Waals surface area (Å²) in [5.41, 5.74) is -8.27. The van der Waals surface area contributed by atoms with Crippen LogP contribution in [0.5, 0.6) is 0 Å². The highest BCUT2D eigenvalue weighted by molar-refractivity contribution is 5.73. The maximum Gasteiger partial charge on any atom is 0.423 e. The third-order valence-electron chi connectivity index (χ3n) is 3.34. The number of nitro benzene ring substituents is 2. The van der Waals surface area contributed by atoms with E-state index in [9.17, 15) is 46.6 Å². The van der Waals surface area contributed by atoms with Crippen LogP contribution < -0.4 is 0 Å². The molecule has 0 spiro atoms. The first-order chi connectivity index (χ1) is 11.8. The molecule has 0 saturated carbocycles. The van der Waals surface area contributed by atoms with E-state index in [1.807, 2.05) is 0 Å². The van der Waals surface area contributed by atoms with E-state index in [0.717, 1.165) is 24.3 Å².